The Labute approximate surface area is 203 Å². The molecule has 0 aliphatic carbocycles. The maximum absolute atomic E-state index is 14.9. The van der Waals surface area contributed by atoms with Gasteiger partial charge in [0.25, 0.3) is 0 Å². The summed E-state index contributed by atoms with van der Waals surface area (Å²) in [6.07, 6.45) is 0.0364. The Kier molecular flexibility index (Phi) is 8.33. The Morgan fingerprint density at radius 2 is 1.85 bits per heavy atom. The van der Waals surface area contributed by atoms with Crippen molar-refractivity contribution in [2.45, 2.75) is 60.1 Å². The molecule has 0 aliphatic heterocycles. The maximum Gasteiger partial charge on any atom is 0.217 e. The van der Waals surface area contributed by atoms with E-state index in [9.17, 15) is 14.3 Å². The molecule has 9 heteroatoms. The van der Waals surface area contributed by atoms with Crippen LogP contribution in [0.2, 0.25) is 0 Å². The SMILES string of the molecule is CC(=O)N[C@@H](COc1cc(C)c(-c2nnc(-c3cc(C)nc(CC(C)C)c3)s2)cc1F)[C@@H](C)O. The molecule has 2 aromatic heterocycles. The second-order valence-electron chi connectivity index (χ2n) is 8.96. The van der Waals surface area contributed by atoms with E-state index >= 15 is 0 Å². The van der Waals surface area contributed by atoms with Gasteiger partial charge in [0, 0.05) is 29.4 Å². The van der Waals surface area contributed by atoms with Crippen molar-refractivity contribution >= 4 is 17.2 Å². The molecule has 0 radical (unpaired) electrons. The quantitative estimate of drug-likeness (QED) is 0.463. The van der Waals surface area contributed by atoms with Crippen LogP contribution in [0.4, 0.5) is 4.39 Å². The molecule has 0 saturated carbocycles. The first-order valence-electron chi connectivity index (χ1n) is 11.2. The highest BCUT2D eigenvalue weighted by Gasteiger charge is 2.20. The summed E-state index contributed by atoms with van der Waals surface area (Å²) in [5, 5.41) is 22.4. The Balaban J connectivity index is 1.82. The Bertz CT molecular complexity index is 1160. The van der Waals surface area contributed by atoms with E-state index in [1.54, 1.807) is 6.07 Å². The van der Waals surface area contributed by atoms with Crippen LogP contribution in [0.25, 0.3) is 21.1 Å². The Hall–Kier alpha value is -2.91. The molecule has 3 rings (SSSR count). The number of halogens is 1. The maximum atomic E-state index is 14.9. The van der Waals surface area contributed by atoms with E-state index < -0.39 is 18.0 Å². The number of carbonyl (C=O) groups excluding carboxylic acids is 1. The molecule has 1 amide bonds. The van der Waals surface area contributed by atoms with Crippen molar-refractivity contribution in [2.24, 2.45) is 5.92 Å². The minimum absolute atomic E-state index is 0.0464. The molecular weight excluding hydrogens is 455 g/mol. The van der Waals surface area contributed by atoms with Gasteiger partial charge in [0.2, 0.25) is 5.91 Å². The topological polar surface area (TPSA) is 97.2 Å². The van der Waals surface area contributed by atoms with Crippen LogP contribution in [0, 0.1) is 25.6 Å². The number of hydrogen-bond donors (Lipinski definition) is 2. The Morgan fingerprint density at radius 1 is 1.15 bits per heavy atom. The third kappa shape index (κ3) is 6.57. The smallest absolute Gasteiger partial charge is 0.217 e. The molecule has 2 atom stereocenters. The van der Waals surface area contributed by atoms with Gasteiger partial charge in [-0.3, -0.25) is 9.78 Å². The van der Waals surface area contributed by atoms with Gasteiger partial charge >= 0.3 is 0 Å². The lowest BCUT2D eigenvalue weighted by molar-refractivity contribution is -0.120. The van der Waals surface area contributed by atoms with E-state index in [2.05, 4.69) is 34.3 Å². The van der Waals surface area contributed by atoms with Crippen LogP contribution in [0.15, 0.2) is 24.3 Å². The number of nitrogens with one attached hydrogen (secondary N) is 1. The van der Waals surface area contributed by atoms with Crippen LogP contribution in [-0.4, -0.2) is 44.9 Å². The average Bonchev–Trinajstić information content (AvgIpc) is 3.21. The van der Waals surface area contributed by atoms with Gasteiger partial charge in [-0.1, -0.05) is 25.2 Å². The van der Waals surface area contributed by atoms with Crippen molar-refractivity contribution in [3.63, 3.8) is 0 Å². The largest absolute Gasteiger partial charge is 0.488 e. The van der Waals surface area contributed by atoms with Crippen LogP contribution in [0.3, 0.4) is 0 Å². The number of hydrogen-bond acceptors (Lipinski definition) is 7. The lowest BCUT2D eigenvalue weighted by Crippen LogP contribution is -2.45. The van der Waals surface area contributed by atoms with Gasteiger partial charge in [-0.05, 0) is 62.9 Å². The minimum atomic E-state index is -0.843. The summed E-state index contributed by atoms with van der Waals surface area (Å²) in [6, 6.07) is 6.34. The number of ether oxygens (including phenoxy) is 1. The van der Waals surface area contributed by atoms with Crippen LogP contribution in [0.5, 0.6) is 5.75 Å². The number of rotatable bonds is 9. The molecule has 182 valence electrons. The van der Waals surface area contributed by atoms with Crippen molar-refractivity contribution in [1.29, 1.82) is 0 Å². The molecule has 0 saturated heterocycles. The fraction of sp³-hybridized carbons (Fsp3) is 0.440. The van der Waals surface area contributed by atoms with Crippen molar-refractivity contribution in [2.75, 3.05) is 6.61 Å². The summed E-state index contributed by atoms with van der Waals surface area (Å²) in [6.45, 7) is 10.9. The standard InChI is InChI=1S/C25H31FN4O3S/c1-13(2)7-19-10-18(9-15(4)27-19)24-29-30-25(34-24)20-11-21(26)23(8-14(20)3)33-12-22(16(5)31)28-17(6)32/h8-11,13,16,22,31H,7,12H2,1-6H3,(H,28,32)/t16-,22+/m1/s1. The number of aromatic nitrogens is 3. The number of nitrogens with zero attached hydrogens (tertiary/aromatic N) is 3. The van der Waals surface area contributed by atoms with E-state index in [-0.39, 0.29) is 18.3 Å². The predicted octanol–water partition coefficient (Wildman–Crippen LogP) is 4.49. The summed E-state index contributed by atoms with van der Waals surface area (Å²) in [4.78, 5) is 15.9. The van der Waals surface area contributed by atoms with Gasteiger partial charge < -0.3 is 15.2 Å². The molecule has 7 nitrogen and oxygen atoms in total. The highest BCUT2D eigenvalue weighted by Crippen LogP contribution is 2.35. The number of benzene rings is 1. The number of aliphatic hydroxyl groups is 1. The third-order valence-corrected chi connectivity index (χ3v) is 6.20. The number of aliphatic hydroxyl groups excluding tert-OH is 1. The molecule has 0 bridgehead atoms. The number of amides is 1. The molecule has 3 aromatic rings. The highest BCUT2D eigenvalue weighted by atomic mass is 32.1. The van der Waals surface area contributed by atoms with E-state index in [1.165, 1.54) is 31.3 Å². The summed E-state index contributed by atoms with van der Waals surface area (Å²) >= 11 is 1.40. The monoisotopic (exact) mass is 486 g/mol. The van der Waals surface area contributed by atoms with Crippen LogP contribution < -0.4 is 10.1 Å². The van der Waals surface area contributed by atoms with E-state index in [1.807, 2.05) is 26.0 Å². The molecule has 0 fully saturated rings. The molecule has 0 unspecified atom stereocenters. The van der Waals surface area contributed by atoms with Gasteiger partial charge in [0.15, 0.2) is 11.6 Å². The first-order valence-corrected chi connectivity index (χ1v) is 12.0. The van der Waals surface area contributed by atoms with E-state index in [0.717, 1.165) is 33.9 Å². The molecule has 1 aromatic carbocycles. The number of carbonyl (C=O) groups is 1. The average molecular weight is 487 g/mol. The van der Waals surface area contributed by atoms with Crippen molar-refractivity contribution in [3.05, 3.63) is 47.0 Å². The fourth-order valence-electron chi connectivity index (χ4n) is 3.57. The second-order valence-corrected chi connectivity index (χ2v) is 9.93. The van der Waals surface area contributed by atoms with Crippen molar-refractivity contribution < 1.29 is 19.0 Å². The van der Waals surface area contributed by atoms with Gasteiger partial charge in [0.05, 0.1) is 12.1 Å². The summed E-state index contributed by atoms with van der Waals surface area (Å²) in [5.74, 6) is -0.310. The molecule has 2 N–H and O–H groups in total. The molecule has 34 heavy (non-hydrogen) atoms. The van der Waals surface area contributed by atoms with Gasteiger partial charge in [-0.25, -0.2) is 4.39 Å². The molecule has 0 aliphatic rings. The summed E-state index contributed by atoms with van der Waals surface area (Å²) in [5.41, 5.74) is 4.30. The van der Waals surface area contributed by atoms with Gasteiger partial charge in [-0.2, -0.15) is 0 Å². The predicted molar refractivity (Wildman–Crippen MR) is 131 cm³/mol. The van der Waals surface area contributed by atoms with Crippen LogP contribution in [0.1, 0.15) is 44.6 Å². The van der Waals surface area contributed by atoms with E-state index in [0.29, 0.717) is 16.5 Å². The first kappa shape index (κ1) is 25.7. The van der Waals surface area contributed by atoms with Crippen molar-refractivity contribution in [3.8, 4) is 26.9 Å². The van der Waals surface area contributed by atoms with E-state index in [4.69, 9.17) is 4.74 Å². The van der Waals surface area contributed by atoms with Crippen molar-refractivity contribution in [1.82, 2.24) is 20.5 Å². The first-order chi connectivity index (χ1) is 16.0. The minimum Gasteiger partial charge on any atom is -0.488 e. The van der Waals surface area contributed by atoms with Crippen LogP contribution >= 0.6 is 11.3 Å². The van der Waals surface area contributed by atoms with Gasteiger partial charge in [0.1, 0.15) is 16.6 Å². The lowest BCUT2D eigenvalue weighted by atomic mass is 10.1. The second kappa shape index (κ2) is 11.0. The zero-order valence-electron chi connectivity index (χ0n) is 20.3. The third-order valence-electron chi connectivity index (χ3n) is 5.19. The molecular formula is C25H31FN4O3S. The highest BCUT2D eigenvalue weighted by molar-refractivity contribution is 7.17. The summed E-state index contributed by atoms with van der Waals surface area (Å²) < 4.78 is 20.4. The molecule has 2 heterocycles. The molecule has 0 spiro atoms. The fourth-order valence-corrected chi connectivity index (χ4v) is 4.48. The lowest BCUT2D eigenvalue weighted by Gasteiger charge is -2.21. The zero-order valence-corrected chi connectivity index (χ0v) is 21.2. The van der Waals surface area contributed by atoms with Gasteiger partial charge in [-0.15, -0.1) is 10.2 Å². The number of pyridine rings is 1. The zero-order chi connectivity index (χ0) is 25.0. The Morgan fingerprint density at radius 3 is 2.50 bits per heavy atom. The number of aryl methyl sites for hydroxylation is 2. The summed E-state index contributed by atoms with van der Waals surface area (Å²) in [7, 11) is 0. The van der Waals surface area contributed by atoms with Crippen LogP contribution in [-0.2, 0) is 11.2 Å². The normalized spacial score (nSPS) is 13.1.